The van der Waals surface area contributed by atoms with Gasteiger partial charge in [-0.05, 0) is 50.9 Å². The average Bonchev–Trinajstić information content (AvgIpc) is 3.18. The van der Waals surface area contributed by atoms with Crippen LogP contribution in [0, 0.1) is 11.8 Å². The Morgan fingerprint density at radius 2 is 1.79 bits per heavy atom. The van der Waals surface area contributed by atoms with Crippen LogP contribution in [0.5, 0.6) is 0 Å². The first-order valence-corrected chi connectivity index (χ1v) is 9.88. The molecule has 2 aliphatic heterocycles. The first-order chi connectivity index (χ1) is 11.7. The molecule has 4 nitrogen and oxygen atoms in total. The normalized spacial score (nSPS) is 33.5. The summed E-state index contributed by atoms with van der Waals surface area (Å²) in [5.41, 5.74) is 0. The van der Waals surface area contributed by atoms with E-state index in [4.69, 9.17) is 14.6 Å². The molecule has 0 amide bonds. The number of unbranched alkanes of at least 4 members (excludes halogenated alkanes) is 1. The Bertz CT molecular complexity index is 427. The van der Waals surface area contributed by atoms with Crippen LogP contribution in [0.4, 0.5) is 0 Å². The van der Waals surface area contributed by atoms with E-state index >= 15 is 0 Å². The quantitative estimate of drug-likeness (QED) is 0.503. The van der Waals surface area contributed by atoms with Gasteiger partial charge in [0.2, 0.25) is 0 Å². The van der Waals surface area contributed by atoms with Crippen LogP contribution in [0.25, 0.3) is 0 Å². The van der Waals surface area contributed by atoms with Crippen molar-refractivity contribution in [3.05, 3.63) is 12.2 Å². The lowest BCUT2D eigenvalue weighted by atomic mass is 9.78. The van der Waals surface area contributed by atoms with Crippen LogP contribution in [-0.4, -0.2) is 36.0 Å². The highest BCUT2D eigenvalue weighted by atomic mass is 16.5. The number of ether oxygens (including phenoxy) is 2. The van der Waals surface area contributed by atoms with Gasteiger partial charge in [0.15, 0.2) is 0 Å². The van der Waals surface area contributed by atoms with Gasteiger partial charge in [0, 0.05) is 12.3 Å². The molecule has 3 rings (SSSR count). The van der Waals surface area contributed by atoms with Crippen molar-refractivity contribution in [2.24, 2.45) is 11.8 Å². The molecule has 24 heavy (non-hydrogen) atoms. The third kappa shape index (κ3) is 4.82. The maximum atomic E-state index is 10.5. The number of carbonyl (C=O) groups is 1. The Hall–Kier alpha value is -0.870. The average molecular weight is 336 g/mol. The second kappa shape index (κ2) is 9.00. The molecule has 4 heteroatoms. The van der Waals surface area contributed by atoms with E-state index in [1.54, 1.807) is 0 Å². The van der Waals surface area contributed by atoms with E-state index in [1.165, 1.54) is 44.9 Å². The van der Waals surface area contributed by atoms with Gasteiger partial charge in [-0.15, -0.1) is 0 Å². The van der Waals surface area contributed by atoms with E-state index in [9.17, 15) is 4.79 Å². The lowest BCUT2D eigenvalue weighted by Gasteiger charge is -2.30. The van der Waals surface area contributed by atoms with Crippen molar-refractivity contribution in [1.29, 1.82) is 0 Å². The molecule has 0 aromatic rings. The zero-order chi connectivity index (χ0) is 16.8. The predicted molar refractivity (Wildman–Crippen MR) is 92.9 cm³/mol. The summed E-state index contributed by atoms with van der Waals surface area (Å²) in [5.74, 6) is 0.433. The van der Waals surface area contributed by atoms with Crippen molar-refractivity contribution in [3.8, 4) is 0 Å². The summed E-state index contributed by atoms with van der Waals surface area (Å²) in [4.78, 5) is 10.5. The van der Waals surface area contributed by atoms with E-state index in [0.29, 0.717) is 30.1 Å². The fourth-order valence-electron chi connectivity index (χ4n) is 4.65. The van der Waals surface area contributed by atoms with E-state index in [1.807, 2.05) is 0 Å². The minimum Gasteiger partial charge on any atom is -0.481 e. The summed E-state index contributed by atoms with van der Waals surface area (Å²) in [6.07, 6.45) is 17.4. The van der Waals surface area contributed by atoms with Gasteiger partial charge in [-0.1, -0.05) is 31.4 Å². The third-order valence-electron chi connectivity index (χ3n) is 6.00. The van der Waals surface area contributed by atoms with Gasteiger partial charge < -0.3 is 14.6 Å². The molecular weight excluding hydrogens is 304 g/mol. The van der Waals surface area contributed by atoms with Crippen molar-refractivity contribution in [1.82, 2.24) is 0 Å². The van der Waals surface area contributed by atoms with Crippen molar-refractivity contribution in [3.63, 3.8) is 0 Å². The van der Waals surface area contributed by atoms with Crippen LogP contribution in [-0.2, 0) is 14.3 Å². The molecule has 4 atom stereocenters. The van der Waals surface area contributed by atoms with Gasteiger partial charge in [0.1, 0.15) is 0 Å². The molecule has 0 radical (unpaired) electrons. The van der Waals surface area contributed by atoms with Crippen molar-refractivity contribution >= 4 is 5.97 Å². The largest absolute Gasteiger partial charge is 0.481 e. The number of fused-ring (bicyclic) bond motifs is 2. The Morgan fingerprint density at radius 3 is 2.54 bits per heavy atom. The molecule has 1 saturated carbocycles. The number of rotatable bonds is 9. The third-order valence-corrected chi connectivity index (χ3v) is 6.00. The second-order valence-corrected chi connectivity index (χ2v) is 7.70. The first kappa shape index (κ1) is 17.9. The molecule has 1 N–H and O–H groups in total. The summed E-state index contributed by atoms with van der Waals surface area (Å²) in [5, 5.41) is 8.66. The fourth-order valence-corrected chi connectivity index (χ4v) is 4.65. The van der Waals surface area contributed by atoms with E-state index in [2.05, 4.69) is 12.2 Å². The topological polar surface area (TPSA) is 55.8 Å². The smallest absolute Gasteiger partial charge is 0.303 e. The van der Waals surface area contributed by atoms with Crippen LogP contribution in [0.3, 0.4) is 0 Å². The summed E-state index contributed by atoms with van der Waals surface area (Å²) < 4.78 is 12.4. The molecule has 0 spiro atoms. The standard InChI is InChI=1S/C20H32O4/c21-20(22)11-7-2-1-6-10-16-17(19-13-12-18(16)24-19)14-23-15-8-4-3-5-9-15/h1,6,15-19H,2-5,7-14H2,(H,21,22)/b6-1-/t16-,17+,18-,19+/m1/s1. The van der Waals surface area contributed by atoms with Crippen LogP contribution in [0.15, 0.2) is 12.2 Å². The van der Waals surface area contributed by atoms with E-state index in [-0.39, 0.29) is 6.42 Å². The molecule has 0 aromatic heterocycles. The van der Waals surface area contributed by atoms with Gasteiger partial charge in [0.25, 0.3) is 0 Å². The molecule has 3 aliphatic rings. The highest BCUT2D eigenvalue weighted by Crippen LogP contribution is 2.45. The summed E-state index contributed by atoms with van der Waals surface area (Å²) >= 11 is 0. The van der Waals surface area contributed by atoms with Crippen LogP contribution in [0.1, 0.15) is 70.6 Å². The highest BCUT2D eigenvalue weighted by molar-refractivity contribution is 5.66. The highest BCUT2D eigenvalue weighted by Gasteiger charge is 2.48. The van der Waals surface area contributed by atoms with Gasteiger partial charge in [0.05, 0.1) is 24.9 Å². The summed E-state index contributed by atoms with van der Waals surface area (Å²) in [6.45, 7) is 0.864. The maximum Gasteiger partial charge on any atom is 0.303 e. The molecule has 3 fully saturated rings. The number of carboxylic acids is 1. The summed E-state index contributed by atoms with van der Waals surface area (Å²) in [6, 6.07) is 0. The van der Waals surface area contributed by atoms with Gasteiger partial charge >= 0.3 is 5.97 Å². The number of carboxylic acid groups (broad SMARTS) is 1. The van der Waals surface area contributed by atoms with Crippen LogP contribution in [0.2, 0.25) is 0 Å². The molecule has 2 heterocycles. The molecule has 0 aromatic carbocycles. The summed E-state index contributed by atoms with van der Waals surface area (Å²) in [7, 11) is 0. The van der Waals surface area contributed by atoms with Gasteiger partial charge in [-0.25, -0.2) is 0 Å². The number of aliphatic carboxylic acids is 1. The Morgan fingerprint density at radius 1 is 1.04 bits per heavy atom. The lowest BCUT2D eigenvalue weighted by molar-refractivity contribution is -0.137. The first-order valence-electron chi connectivity index (χ1n) is 9.88. The SMILES string of the molecule is O=C(O)CCC/C=C\C[C@@H]1[C@H](COC2CCCCC2)[C@@H]2CC[C@H]1O2. The van der Waals surface area contributed by atoms with Crippen LogP contribution >= 0.6 is 0 Å². The molecule has 1 aliphatic carbocycles. The van der Waals surface area contributed by atoms with E-state index < -0.39 is 5.97 Å². The molecule has 2 bridgehead atoms. The zero-order valence-electron chi connectivity index (χ0n) is 14.7. The van der Waals surface area contributed by atoms with Gasteiger partial charge in [-0.3, -0.25) is 4.79 Å². The monoisotopic (exact) mass is 336 g/mol. The molecule has 0 unspecified atom stereocenters. The molecular formula is C20H32O4. The van der Waals surface area contributed by atoms with E-state index in [0.717, 1.165) is 25.9 Å². The zero-order valence-corrected chi connectivity index (χ0v) is 14.7. The van der Waals surface area contributed by atoms with Crippen LogP contribution < -0.4 is 0 Å². The maximum absolute atomic E-state index is 10.5. The number of hydrogen-bond acceptors (Lipinski definition) is 3. The lowest BCUT2D eigenvalue weighted by Crippen LogP contribution is -2.32. The predicted octanol–water partition coefficient (Wildman–Crippen LogP) is 4.33. The van der Waals surface area contributed by atoms with Crippen molar-refractivity contribution in [2.75, 3.05) is 6.61 Å². The Balaban J connectivity index is 1.42. The van der Waals surface area contributed by atoms with Crippen molar-refractivity contribution < 1.29 is 19.4 Å². The van der Waals surface area contributed by atoms with Gasteiger partial charge in [-0.2, -0.15) is 0 Å². The minimum absolute atomic E-state index is 0.263. The number of hydrogen-bond donors (Lipinski definition) is 1. The Kier molecular flexibility index (Phi) is 6.73. The minimum atomic E-state index is -0.704. The molecule has 2 saturated heterocycles. The fraction of sp³-hybridized carbons (Fsp3) is 0.850. The van der Waals surface area contributed by atoms with Crippen molar-refractivity contribution in [2.45, 2.75) is 88.9 Å². The Labute approximate surface area is 145 Å². The number of allylic oxidation sites excluding steroid dienone is 2. The second-order valence-electron chi connectivity index (χ2n) is 7.70. The molecule has 136 valence electrons.